The first-order valence-corrected chi connectivity index (χ1v) is 5.58. The summed E-state index contributed by atoms with van der Waals surface area (Å²) in [7, 11) is 0. The Hall–Kier alpha value is -2.70. The third-order valence-electron chi connectivity index (χ3n) is 2.49. The summed E-state index contributed by atoms with van der Waals surface area (Å²) in [6.45, 7) is 2.63. The monoisotopic (exact) mass is 261 g/mol. The van der Waals surface area contributed by atoms with Crippen LogP contribution < -0.4 is 4.74 Å². The Bertz CT molecular complexity index is 621. The number of benzene rings is 1. The standard InChI is InChI=1S/C12H11N3O4/c1-2-14-7-11(6-13-14)19-12-4-3-10(15(17)18)5-9(12)8-16/h3-8H,2H2,1H3. The molecule has 19 heavy (non-hydrogen) atoms. The number of nitrogens with zero attached hydrogens (tertiary/aromatic N) is 3. The van der Waals surface area contributed by atoms with Gasteiger partial charge in [0.05, 0.1) is 22.9 Å². The molecule has 1 heterocycles. The fourth-order valence-corrected chi connectivity index (χ4v) is 1.53. The molecule has 2 rings (SSSR count). The molecule has 2 aromatic rings. The van der Waals surface area contributed by atoms with Gasteiger partial charge >= 0.3 is 0 Å². The quantitative estimate of drug-likeness (QED) is 0.468. The van der Waals surface area contributed by atoms with Crippen molar-refractivity contribution in [2.45, 2.75) is 13.5 Å². The lowest BCUT2D eigenvalue weighted by atomic mass is 10.2. The van der Waals surface area contributed by atoms with Crippen molar-refractivity contribution in [2.75, 3.05) is 0 Å². The van der Waals surface area contributed by atoms with E-state index >= 15 is 0 Å². The molecule has 0 saturated carbocycles. The number of rotatable bonds is 5. The first-order valence-electron chi connectivity index (χ1n) is 5.58. The Morgan fingerprint density at radius 2 is 2.32 bits per heavy atom. The number of aromatic nitrogens is 2. The van der Waals surface area contributed by atoms with Gasteiger partial charge in [0.1, 0.15) is 5.75 Å². The third-order valence-corrected chi connectivity index (χ3v) is 2.49. The average molecular weight is 261 g/mol. The van der Waals surface area contributed by atoms with Crippen LogP contribution in [0.3, 0.4) is 0 Å². The Kier molecular flexibility index (Phi) is 3.56. The molecule has 1 aromatic carbocycles. The topological polar surface area (TPSA) is 87.3 Å². The number of hydrogen-bond acceptors (Lipinski definition) is 5. The van der Waals surface area contributed by atoms with E-state index in [9.17, 15) is 14.9 Å². The Morgan fingerprint density at radius 3 is 2.89 bits per heavy atom. The highest BCUT2D eigenvalue weighted by atomic mass is 16.6. The van der Waals surface area contributed by atoms with Gasteiger partial charge in [0.15, 0.2) is 12.0 Å². The number of non-ortho nitro benzene ring substituents is 1. The highest BCUT2D eigenvalue weighted by Gasteiger charge is 2.12. The summed E-state index contributed by atoms with van der Waals surface area (Å²) in [6, 6.07) is 3.85. The largest absolute Gasteiger partial charge is 0.453 e. The van der Waals surface area contributed by atoms with E-state index in [2.05, 4.69) is 5.10 Å². The molecular formula is C12H11N3O4. The second-order valence-corrected chi connectivity index (χ2v) is 3.73. The summed E-state index contributed by atoms with van der Waals surface area (Å²) in [4.78, 5) is 21.0. The molecule has 0 unspecified atom stereocenters. The molecule has 0 N–H and O–H groups in total. The predicted molar refractivity (Wildman–Crippen MR) is 66.5 cm³/mol. The molecular weight excluding hydrogens is 250 g/mol. The fraction of sp³-hybridized carbons (Fsp3) is 0.167. The van der Waals surface area contributed by atoms with Crippen molar-refractivity contribution < 1.29 is 14.5 Å². The van der Waals surface area contributed by atoms with Gasteiger partial charge in [-0.3, -0.25) is 19.6 Å². The molecule has 0 aliphatic heterocycles. The maximum Gasteiger partial charge on any atom is 0.270 e. The number of carbonyl (C=O) groups is 1. The van der Waals surface area contributed by atoms with Gasteiger partial charge in [-0.2, -0.15) is 5.10 Å². The van der Waals surface area contributed by atoms with Gasteiger partial charge in [0.2, 0.25) is 0 Å². The van der Waals surface area contributed by atoms with Gasteiger partial charge in [-0.25, -0.2) is 0 Å². The van der Waals surface area contributed by atoms with E-state index in [4.69, 9.17) is 4.74 Å². The number of nitro benzene ring substituents is 1. The Labute approximate surface area is 108 Å². The van der Waals surface area contributed by atoms with Crippen molar-refractivity contribution in [3.63, 3.8) is 0 Å². The number of nitro groups is 1. The molecule has 7 heteroatoms. The second kappa shape index (κ2) is 5.30. The highest BCUT2D eigenvalue weighted by molar-refractivity contribution is 5.80. The van der Waals surface area contributed by atoms with Crippen molar-refractivity contribution in [1.82, 2.24) is 9.78 Å². The number of aryl methyl sites for hydroxylation is 1. The van der Waals surface area contributed by atoms with Crippen molar-refractivity contribution in [1.29, 1.82) is 0 Å². The highest BCUT2D eigenvalue weighted by Crippen LogP contribution is 2.27. The van der Waals surface area contributed by atoms with Crippen LogP contribution >= 0.6 is 0 Å². The van der Waals surface area contributed by atoms with Crippen molar-refractivity contribution in [3.8, 4) is 11.5 Å². The summed E-state index contributed by atoms with van der Waals surface area (Å²) in [5, 5.41) is 14.6. The van der Waals surface area contributed by atoms with Crippen LogP contribution in [0.5, 0.6) is 11.5 Å². The van der Waals surface area contributed by atoms with Gasteiger partial charge < -0.3 is 4.74 Å². The van der Waals surface area contributed by atoms with Gasteiger partial charge in [-0.1, -0.05) is 0 Å². The van der Waals surface area contributed by atoms with E-state index in [1.165, 1.54) is 24.4 Å². The number of carbonyl (C=O) groups excluding carboxylic acids is 1. The molecule has 1 aromatic heterocycles. The predicted octanol–water partition coefficient (Wildman–Crippen LogP) is 2.42. The first-order chi connectivity index (χ1) is 9.13. The van der Waals surface area contributed by atoms with Crippen LogP contribution in [0, 0.1) is 10.1 Å². The first kappa shape index (κ1) is 12.7. The summed E-state index contributed by atoms with van der Waals surface area (Å²) in [5.41, 5.74) is -0.0304. The molecule has 0 bridgehead atoms. The summed E-state index contributed by atoms with van der Waals surface area (Å²) in [5.74, 6) is 0.732. The van der Waals surface area contributed by atoms with Crippen LogP contribution in [0.1, 0.15) is 17.3 Å². The smallest absolute Gasteiger partial charge is 0.270 e. The lowest BCUT2D eigenvalue weighted by Gasteiger charge is -2.05. The van der Waals surface area contributed by atoms with Crippen LogP contribution in [0.4, 0.5) is 5.69 Å². The molecule has 7 nitrogen and oxygen atoms in total. The minimum atomic E-state index is -0.564. The Morgan fingerprint density at radius 1 is 1.53 bits per heavy atom. The molecule has 0 spiro atoms. The summed E-state index contributed by atoms with van der Waals surface area (Å²) < 4.78 is 7.15. The lowest BCUT2D eigenvalue weighted by Crippen LogP contribution is -1.94. The van der Waals surface area contributed by atoms with Crippen LogP contribution in [0.25, 0.3) is 0 Å². The lowest BCUT2D eigenvalue weighted by molar-refractivity contribution is -0.384. The van der Waals surface area contributed by atoms with E-state index < -0.39 is 4.92 Å². The Balaban J connectivity index is 2.29. The van der Waals surface area contributed by atoms with Crippen molar-refractivity contribution >= 4 is 12.0 Å². The zero-order chi connectivity index (χ0) is 13.8. The minimum Gasteiger partial charge on any atom is -0.453 e. The summed E-state index contributed by atoms with van der Waals surface area (Å²) in [6.07, 6.45) is 3.71. The van der Waals surface area contributed by atoms with Crippen LogP contribution in [0.15, 0.2) is 30.6 Å². The summed E-state index contributed by atoms with van der Waals surface area (Å²) >= 11 is 0. The minimum absolute atomic E-state index is 0.124. The molecule has 0 radical (unpaired) electrons. The average Bonchev–Trinajstić information content (AvgIpc) is 2.86. The van der Waals surface area contributed by atoms with E-state index in [0.717, 1.165) is 0 Å². The van der Waals surface area contributed by atoms with Gasteiger partial charge in [-0.15, -0.1) is 0 Å². The zero-order valence-electron chi connectivity index (χ0n) is 10.1. The fourth-order valence-electron chi connectivity index (χ4n) is 1.53. The normalized spacial score (nSPS) is 10.2. The maximum absolute atomic E-state index is 10.9. The van der Waals surface area contributed by atoms with E-state index in [1.54, 1.807) is 10.9 Å². The molecule has 0 atom stereocenters. The number of ether oxygens (including phenoxy) is 1. The molecule has 0 aliphatic carbocycles. The van der Waals surface area contributed by atoms with Crippen LogP contribution in [-0.2, 0) is 6.54 Å². The van der Waals surface area contributed by atoms with Gasteiger partial charge in [0, 0.05) is 18.7 Å². The molecule has 98 valence electrons. The van der Waals surface area contributed by atoms with Crippen molar-refractivity contribution in [3.05, 3.63) is 46.3 Å². The molecule has 0 amide bonds. The molecule has 0 aliphatic rings. The SMILES string of the molecule is CCn1cc(Oc2ccc([N+](=O)[O-])cc2C=O)cn1. The second-order valence-electron chi connectivity index (χ2n) is 3.73. The van der Waals surface area contributed by atoms with E-state index in [0.29, 0.717) is 18.6 Å². The van der Waals surface area contributed by atoms with Crippen LogP contribution in [-0.4, -0.2) is 21.0 Å². The zero-order valence-corrected chi connectivity index (χ0v) is 10.1. The molecule has 0 fully saturated rings. The molecule has 0 saturated heterocycles. The van der Waals surface area contributed by atoms with Crippen molar-refractivity contribution in [2.24, 2.45) is 0 Å². The maximum atomic E-state index is 10.9. The van der Waals surface area contributed by atoms with E-state index in [-0.39, 0.29) is 17.0 Å². The van der Waals surface area contributed by atoms with E-state index in [1.807, 2.05) is 6.92 Å². The third kappa shape index (κ3) is 2.76. The number of hydrogen-bond donors (Lipinski definition) is 0. The van der Waals surface area contributed by atoms with Gasteiger partial charge in [0.25, 0.3) is 5.69 Å². The number of aldehydes is 1. The van der Waals surface area contributed by atoms with Crippen LogP contribution in [0.2, 0.25) is 0 Å². The van der Waals surface area contributed by atoms with Gasteiger partial charge in [-0.05, 0) is 13.0 Å².